The Morgan fingerprint density at radius 2 is 2.11 bits per heavy atom. The molecule has 2 aromatic rings. The van der Waals surface area contributed by atoms with Crippen molar-refractivity contribution in [3.05, 3.63) is 40.9 Å². The fourth-order valence-electron chi connectivity index (χ4n) is 1.59. The highest BCUT2D eigenvalue weighted by Gasteiger charge is 2.19. The summed E-state index contributed by atoms with van der Waals surface area (Å²) in [6.07, 6.45) is 0. The van der Waals surface area contributed by atoms with Crippen molar-refractivity contribution in [2.24, 2.45) is 0 Å². The Morgan fingerprint density at radius 1 is 1.39 bits per heavy atom. The number of benzene rings is 1. The molecule has 5 nitrogen and oxygen atoms in total. The van der Waals surface area contributed by atoms with Crippen molar-refractivity contribution in [2.75, 3.05) is 11.9 Å². The number of hydrogen-bond acceptors (Lipinski definition) is 5. The van der Waals surface area contributed by atoms with Crippen LogP contribution in [0.2, 0.25) is 0 Å². The average molecular weight is 263 g/mol. The lowest BCUT2D eigenvalue weighted by molar-refractivity contribution is -0.138. The lowest BCUT2D eigenvalue weighted by atomic mass is 9.99. The highest BCUT2D eigenvalue weighted by atomic mass is 32.1. The number of aryl methyl sites for hydroxylation is 1. The monoisotopic (exact) mass is 263 g/mol. The molecule has 0 fully saturated rings. The van der Waals surface area contributed by atoms with Gasteiger partial charge in [-0.15, -0.1) is 10.2 Å². The SMILES string of the molecule is Cc1nnc(NCC(C(=O)O)c2ccccc2)s1. The van der Waals surface area contributed by atoms with Gasteiger partial charge in [-0.1, -0.05) is 41.7 Å². The van der Waals surface area contributed by atoms with Crippen molar-refractivity contribution in [3.63, 3.8) is 0 Å². The van der Waals surface area contributed by atoms with E-state index in [1.54, 1.807) is 0 Å². The number of aromatic nitrogens is 2. The van der Waals surface area contributed by atoms with Crippen LogP contribution in [0.5, 0.6) is 0 Å². The maximum Gasteiger partial charge on any atom is 0.312 e. The van der Waals surface area contributed by atoms with Gasteiger partial charge in [-0.05, 0) is 12.5 Å². The second kappa shape index (κ2) is 5.59. The molecule has 1 atom stereocenters. The van der Waals surface area contributed by atoms with Gasteiger partial charge in [-0.3, -0.25) is 4.79 Å². The van der Waals surface area contributed by atoms with E-state index in [0.29, 0.717) is 11.7 Å². The minimum atomic E-state index is -0.852. The van der Waals surface area contributed by atoms with Crippen LogP contribution in [0.3, 0.4) is 0 Å². The van der Waals surface area contributed by atoms with E-state index in [4.69, 9.17) is 0 Å². The highest BCUT2D eigenvalue weighted by molar-refractivity contribution is 7.15. The zero-order valence-corrected chi connectivity index (χ0v) is 10.6. The van der Waals surface area contributed by atoms with Crippen LogP contribution in [-0.2, 0) is 4.79 Å². The van der Waals surface area contributed by atoms with Gasteiger partial charge in [-0.2, -0.15) is 0 Å². The molecule has 0 amide bonds. The third kappa shape index (κ3) is 3.04. The molecule has 2 N–H and O–H groups in total. The number of nitrogens with one attached hydrogen (secondary N) is 1. The van der Waals surface area contributed by atoms with Crippen molar-refractivity contribution < 1.29 is 9.90 Å². The summed E-state index contributed by atoms with van der Waals surface area (Å²) in [4.78, 5) is 11.3. The first-order valence-electron chi connectivity index (χ1n) is 5.48. The van der Waals surface area contributed by atoms with Gasteiger partial charge in [0.15, 0.2) is 0 Å². The summed E-state index contributed by atoms with van der Waals surface area (Å²) in [5.74, 6) is -1.44. The molecule has 1 heterocycles. The molecule has 2 rings (SSSR count). The van der Waals surface area contributed by atoms with Crippen LogP contribution in [-0.4, -0.2) is 27.8 Å². The van der Waals surface area contributed by atoms with Gasteiger partial charge in [0.05, 0.1) is 5.92 Å². The number of anilines is 1. The van der Waals surface area contributed by atoms with Crippen LogP contribution in [0.4, 0.5) is 5.13 Å². The molecule has 0 spiro atoms. The minimum absolute atomic E-state index is 0.300. The molecule has 0 saturated heterocycles. The molecule has 0 aliphatic rings. The number of rotatable bonds is 5. The maximum atomic E-state index is 11.3. The number of carboxylic acids is 1. The van der Waals surface area contributed by atoms with Gasteiger partial charge in [0.2, 0.25) is 5.13 Å². The first-order valence-corrected chi connectivity index (χ1v) is 6.30. The topological polar surface area (TPSA) is 75.1 Å². The van der Waals surface area contributed by atoms with Crippen LogP contribution in [0.25, 0.3) is 0 Å². The Hall–Kier alpha value is -1.95. The molecule has 1 unspecified atom stereocenters. The Kier molecular flexibility index (Phi) is 3.88. The normalized spacial score (nSPS) is 12.1. The molecule has 18 heavy (non-hydrogen) atoms. The molecule has 94 valence electrons. The predicted molar refractivity (Wildman–Crippen MR) is 70.0 cm³/mol. The van der Waals surface area contributed by atoms with Crippen molar-refractivity contribution >= 4 is 22.4 Å². The first kappa shape index (κ1) is 12.5. The summed E-state index contributed by atoms with van der Waals surface area (Å²) in [7, 11) is 0. The summed E-state index contributed by atoms with van der Waals surface area (Å²) >= 11 is 1.41. The molecule has 0 aliphatic carbocycles. The van der Waals surface area contributed by atoms with Crippen molar-refractivity contribution in [2.45, 2.75) is 12.8 Å². The van der Waals surface area contributed by atoms with Crippen LogP contribution in [0, 0.1) is 6.92 Å². The molecule has 0 saturated carbocycles. The summed E-state index contributed by atoms with van der Waals surface area (Å²) in [5, 5.41) is 21.5. The lowest BCUT2D eigenvalue weighted by Crippen LogP contribution is -2.20. The van der Waals surface area contributed by atoms with E-state index < -0.39 is 11.9 Å². The van der Waals surface area contributed by atoms with E-state index in [0.717, 1.165) is 10.6 Å². The van der Waals surface area contributed by atoms with Crippen molar-refractivity contribution in [1.82, 2.24) is 10.2 Å². The fraction of sp³-hybridized carbons (Fsp3) is 0.250. The van der Waals surface area contributed by atoms with Gasteiger partial charge >= 0.3 is 5.97 Å². The zero-order valence-electron chi connectivity index (χ0n) is 9.83. The summed E-state index contributed by atoms with van der Waals surface area (Å²) in [6, 6.07) is 9.16. The molecular formula is C12H13N3O2S. The molecule has 0 radical (unpaired) electrons. The third-order valence-electron chi connectivity index (χ3n) is 2.48. The Morgan fingerprint density at radius 3 is 2.67 bits per heavy atom. The van der Waals surface area contributed by atoms with Crippen molar-refractivity contribution in [1.29, 1.82) is 0 Å². The number of carboxylic acid groups (broad SMARTS) is 1. The summed E-state index contributed by atoms with van der Waals surface area (Å²) < 4.78 is 0. The van der Waals surface area contributed by atoms with Crippen LogP contribution in [0.15, 0.2) is 30.3 Å². The van der Waals surface area contributed by atoms with E-state index >= 15 is 0 Å². The Balaban J connectivity index is 2.06. The molecule has 0 bridgehead atoms. The Labute approximate surface area is 109 Å². The molecule has 1 aromatic heterocycles. The minimum Gasteiger partial charge on any atom is -0.481 e. The van der Waals surface area contributed by atoms with Gasteiger partial charge < -0.3 is 10.4 Å². The van der Waals surface area contributed by atoms with Gasteiger partial charge in [0.1, 0.15) is 5.01 Å². The van der Waals surface area contributed by atoms with Crippen LogP contribution >= 0.6 is 11.3 Å². The standard InChI is InChI=1S/C12H13N3O2S/c1-8-14-15-12(18-8)13-7-10(11(16)17)9-5-3-2-4-6-9/h2-6,10H,7H2,1H3,(H,13,15)(H,16,17). The molecule has 0 aliphatic heterocycles. The molecule has 1 aromatic carbocycles. The third-order valence-corrected chi connectivity index (χ3v) is 3.28. The number of aliphatic carboxylic acids is 1. The lowest BCUT2D eigenvalue weighted by Gasteiger charge is -2.12. The first-order chi connectivity index (χ1) is 8.66. The molecular weight excluding hydrogens is 250 g/mol. The number of nitrogens with zero attached hydrogens (tertiary/aromatic N) is 2. The van der Waals surface area contributed by atoms with E-state index in [1.165, 1.54) is 11.3 Å². The summed E-state index contributed by atoms with van der Waals surface area (Å²) in [6.45, 7) is 2.16. The smallest absolute Gasteiger partial charge is 0.312 e. The van der Waals surface area contributed by atoms with Gasteiger partial charge in [0.25, 0.3) is 0 Å². The highest BCUT2D eigenvalue weighted by Crippen LogP contribution is 2.19. The zero-order chi connectivity index (χ0) is 13.0. The predicted octanol–water partition coefficient (Wildman–Crippen LogP) is 2.13. The fourth-order valence-corrected chi connectivity index (χ4v) is 2.19. The second-order valence-electron chi connectivity index (χ2n) is 3.81. The maximum absolute atomic E-state index is 11.3. The Bertz CT molecular complexity index is 527. The van der Waals surface area contributed by atoms with Crippen LogP contribution < -0.4 is 5.32 Å². The quantitative estimate of drug-likeness (QED) is 0.864. The van der Waals surface area contributed by atoms with E-state index in [-0.39, 0.29) is 0 Å². The van der Waals surface area contributed by atoms with Crippen LogP contribution in [0.1, 0.15) is 16.5 Å². The van der Waals surface area contributed by atoms with Crippen molar-refractivity contribution in [3.8, 4) is 0 Å². The van der Waals surface area contributed by atoms with E-state index in [2.05, 4.69) is 15.5 Å². The second-order valence-corrected chi connectivity index (χ2v) is 4.99. The van der Waals surface area contributed by atoms with Gasteiger partial charge in [0, 0.05) is 6.54 Å². The average Bonchev–Trinajstić information content (AvgIpc) is 2.76. The molecule has 6 heteroatoms. The summed E-state index contributed by atoms with van der Waals surface area (Å²) in [5.41, 5.74) is 0.777. The largest absolute Gasteiger partial charge is 0.481 e. The van der Waals surface area contributed by atoms with Gasteiger partial charge in [-0.25, -0.2) is 0 Å². The number of carbonyl (C=O) groups is 1. The van der Waals surface area contributed by atoms with E-state index in [9.17, 15) is 9.90 Å². The van der Waals surface area contributed by atoms with E-state index in [1.807, 2.05) is 37.3 Å². The number of hydrogen-bond donors (Lipinski definition) is 2.